The lowest BCUT2D eigenvalue weighted by Crippen LogP contribution is -2.21. The summed E-state index contributed by atoms with van der Waals surface area (Å²) in [6.07, 6.45) is -0.490. The van der Waals surface area contributed by atoms with Crippen LogP contribution in [-0.2, 0) is 6.54 Å². The molecule has 3 N–H and O–H groups in total. The fraction of sp³-hybridized carbons (Fsp3) is 0.278. The van der Waals surface area contributed by atoms with Crippen molar-refractivity contribution in [3.05, 3.63) is 59.9 Å². The van der Waals surface area contributed by atoms with Crippen LogP contribution in [0.5, 0.6) is 5.75 Å². The fourth-order valence-electron chi connectivity index (χ4n) is 2.85. The Balaban J connectivity index is 2.14. The largest absolute Gasteiger partial charge is 0.496 e. The molecule has 0 saturated carbocycles. The molecular weight excluding hydrogens is 290 g/mol. The van der Waals surface area contributed by atoms with Gasteiger partial charge in [0.2, 0.25) is 0 Å². The van der Waals surface area contributed by atoms with Gasteiger partial charge < -0.3 is 20.1 Å². The minimum Gasteiger partial charge on any atom is -0.496 e. The van der Waals surface area contributed by atoms with Crippen molar-refractivity contribution in [1.82, 2.24) is 9.55 Å². The van der Waals surface area contributed by atoms with Crippen LogP contribution >= 0.6 is 0 Å². The minimum atomic E-state index is -0.490. The molecule has 3 rings (SSSR count). The van der Waals surface area contributed by atoms with Gasteiger partial charge in [0.25, 0.3) is 0 Å². The molecule has 5 heteroatoms. The SMILES string of the molecule is COc1ccccc1C(N)c1nc2ccccc2n1CC(C)O. The second-order valence-corrected chi connectivity index (χ2v) is 5.64. The summed E-state index contributed by atoms with van der Waals surface area (Å²) >= 11 is 0. The van der Waals surface area contributed by atoms with Crippen molar-refractivity contribution in [3.63, 3.8) is 0 Å². The van der Waals surface area contributed by atoms with Crippen LogP contribution in [0.3, 0.4) is 0 Å². The van der Waals surface area contributed by atoms with Crippen LogP contribution in [0.25, 0.3) is 11.0 Å². The second kappa shape index (κ2) is 6.40. The Bertz CT molecular complexity index is 811. The quantitative estimate of drug-likeness (QED) is 0.759. The summed E-state index contributed by atoms with van der Waals surface area (Å²) in [5.74, 6) is 1.45. The average Bonchev–Trinajstić information content (AvgIpc) is 2.92. The number of imidazole rings is 1. The molecule has 2 atom stereocenters. The van der Waals surface area contributed by atoms with Crippen LogP contribution in [0.4, 0.5) is 0 Å². The molecule has 1 aromatic heterocycles. The molecule has 1 heterocycles. The molecule has 5 nitrogen and oxygen atoms in total. The summed E-state index contributed by atoms with van der Waals surface area (Å²) in [5, 5.41) is 9.85. The number of aliphatic hydroxyl groups is 1. The van der Waals surface area contributed by atoms with E-state index in [2.05, 4.69) is 4.98 Å². The van der Waals surface area contributed by atoms with Crippen LogP contribution in [0, 0.1) is 0 Å². The molecule has 0 aliphatic rings. The first kappa shape index (κ1) is 15.5. The number of hydrogen-bond acceptors (Lipinski definition) is 4. The number of ether oxygens (including phenoxy) is 1. The number of aliphatic hydroxyl groups excluding tert-OH is 1. The van der Waals surface area contributed by atoms with Gasteiger partial charge in [0.15, 0.2) is 0 Å². The normalized spacial score (nSPS) is 13.9. The molecule has 2 unspecified atom stereocenters. The van der Waals surface area contributed by atoms with Crippen molar-refractivity contribution in [2.75, 3.05) is 7.11 Å². The van der Waals surface area contributed by atoms with Crippen molar-refractivity contribution in [1.29, 1.82) is 0 Å². The van der Waals surface area contributed by atoms with Crippen LogP contribution in [-0.4, -0.2) is 27.9 Å². The zero-order valence-electron chi connectivity index (χ0n) is 13.3. The highest BCUT2D eigenvalue weighted by Gasteiger charge is 2.21. The molecule has 0 bridgehead atoms. The number of benzene rings is 2. The number of methoxy groups -OCH3 is 1. The van der Waals surface area contributed by atoms with Crippen molar-refractivity contribution >= 4 is 11.0 Å². The topological polar surface area (TPSA) is 73.3 Å². The van der Waals surface area contributed by atoms with E-state index in [0.717, 1.165) is 28.2 Å². The molecule has 120 valence electrons. The first-order valence-corrected chi connectivity index (χ1v) is 7.63. The smallest absolute Gasteiger partial charge is 0.131 e. The zero-order valence-corrected chi connectivity index (χ0v) is 13.3. The van der Waals surface area contributed by atoms with Gasteiger partial charge >= 0.3 is 0 Å². The van der Waals surface area contributed by atoms with E-state index in [1.54, 1.807) is 14.0 Å². The Labute approximate surface area is 135 Å². The predicted octanol–water partition coefficient (Wildman–Crippen LogP) is 2.47. The molecule has 0 saturated heterocycles. The number of nitrogens with two attached hydrogens (primary N) is 1. The van der Waals surface area contributed by atoms with Gasteiger partial charge in [0.1, 0.15) is 11.6 Å². The third kappa shape index (κ3) is 2.93. The summed E-state index contributed by atoms with van der Waals surface area (Å²) in [7, 11) is 1.63. The molecule has 0 aliphatic heterocycles. The second-order valence-electron chi connectivity index (χ2n) is 5.64. The maximum Gasteiger partial charge on any atom is 0.131 e. The third-order valence-corrected chi connectivity index (χ3v) is 3.88. The lowest BCUT2D eigenvalue weighted by molar-refractivity contribution is 0.173. The highest BCUT2D eigenvalue weighted by atomic mass is 16.5. The number of para-hydroxylation sites is 3. The van der Waals surface area contributed by atoms with Crippen LogP contribution in [0.2, 0.25) is 0 Å². The Morgan fingerprint density at radius 1 is 1.17 bits per heavy atom. The summed E-state index contributed by atoms with van der Waals surface area (Å²) in [5.41, 5.74) is 9.20. The van der Waals surface area contributed by atoms with Gasteiger partial charge in [0.05, 0.1) is 36.8 Å². The van der Waals surface area contributed by atoms with Gasteiger partial charge in [-0.25, -0.2) is 4.98 Å². The summed E-state index contributed by atoms with van der Waals surface area (Å²) in [4.78, 5) is 4.69. The molecule has 0 radical (unpaired) electrons. The van der Waals surface area contributed by atoms with E-state index in [-0.39, 0.29) is 0 Å². The van der Waals surface area contributed by atoms with E-state index in [1.807, 2.05) is 53.1 Å². The number of fused-ring (bicyclic) bond motifs is 1. The van der Waals surface area contributed by atoms with Crippen LogP contribution < -0.4 is 10.5 Å². The monoisotopic (exact) mass is 311 g/mol. The van der Waals surface area contributed by atoms with E-state index < -0.39 is 12.1 Å². The Morgan fingerprint density at radius 3 is 2.61 bits per heavy atom. The zero-order chi connectivity index (χ0) is 16.4. The Kier molecular flexibility index (Phi) is 4.32. The van der Waals surface area contributed by atoms with Gasteiger partial charge in [-0.05, 0) is 25.1 Å². The van der Waals surface area contributed by atoms with E-state index in [9.17, 15) is 5.11 Å². The highest BCUT2D eigenvalue weighted by molar-refractivity contribution is 5.76. The highest BCUT2D eigenvalue weighted by Crippen LogP contribution is 2.29. The van der Waals surface area contributed by atoms with E-state index in [1.165, 1.54) is 0 Å². The number of aromatic nitrogens is 2. The molecule has 0 spiro atoms. The van der Waals surface area contributed by atoms with Gasteiger partial charge in [-0.3, -0.25) is 0 Å². The predicted molar refractivity (Wildman–Crippen MR) is 90.4 cm³/mol. The standard InChI is InChI=1S/C18H21N3O2/c1-12(22)11-21-15-9-5-4-8-14(15)20-18(21)17(19)13-7-3-6-10-16(13)23-2/h3-10,12,17,22H,11,19H2,1-2H3. The molecule has 23 heavy (non-hydrogen) atoms. The Morgan fingerprint density at radius 2 is 1.87 bits per heavy atom. The third-order valence-electron chi connectivity index (χ3n) is 3.88. The molecular formula is C18H21N3O2. The summed E-state index contributed by atoms with van der Waals surface area (Å²) < 4.78 is 7.40. The molecule has 3 aromatic rings. The van der Waals surface area contributed by atoms with E-state index >= 15 is 0 Å². The number of rotatable bonds is 5. The van der Waals surface area contributed by atoms with Gasteiger partial charge in [-0.1, -0.05) is 30.3 Å². The van der Waals surface area contributed by atoms with E-state index in [0.29, 0.717) is 6.54 Å². The Hall–Kier alpha value is -2.37. The van der Waals surface area contributed by atoms with Gasteiger partial charge in [-0.15, -0.1) is 0 Å². The van der Waals surface area contributed by atoms with Crippen molar-refractivity contribution in [2.45, 2.75) is 25.6 Å². The van der Waals surface area contributed by atoms with Crippen LogP contribution in [0.1, 0.15) is 24.4 Å². The maximum absolute atomic E-state index is 9.85. The molecule has 0 amide bonds. The molecule has 0 fully saturated rings. The average molecular weight is 311 g/mol. The lowest BCUT2D eigenvalue weighted by Gasteiger charge is -2.18. The van der Waals surface area contributed by atoms with Crippen molar-refractivity contribution in [3.8, 4) is 5.75 Å². The summed E-state index contributed by atoms with van der Waals surface area (Å²) in [6, 6.07) is 15.1. The maximum atomic E-state index is 9.85. The van der Waals surface area contributed by atoms with Gasteiger partial charge in [-0.2, -0.15) is 0 Å². The lowest BCUT2D eigenvalue weighted by atomic mass is 10.1. The molecule has 0 aliphatic carbocycles. The minimum absolute atomic E-state index is 0.433. The number of hydrogen-bond donors (Lipinski definition) is 2. The van der Waals surface area contributed by atoms with E-state index in [4.69, 9.17) is 10.5 Å². The first-order valence-electron chi connectivity index (χ1n) is 7.63. The van der Waals surface area contributed by atoms with Crippen LogP contribution in [0.15, 0.2) is 48.5 Å². The fourth-order valence-corrected chi connectivity index (χ4v) is 2.85. The first-order chi connectivity index (χ1) is 11.1. The van der Waals surface area contributed by atoms with Gasteiger partial charge in [0, 0.05) is 5.56 Å². The van der Waals surface area contributed by atoms with Crippen molar-refractivity contribution in [2.24, 2.45) is 5.73 Å². The summed E-state index contributed by atoms with van der Waals surface area (Å²) in [6.45, 7) is 2.20. The number of nitrogens with zero attached hydrogens (tertiary/aromatic N) is 2. The van der Waals surface area contributed by atoms with Crippen molar-refractivity contribution < 1.29 is 9.84 Å². The molecule has 2 aromatic carbocycles.